The van der Waals surface area contributed by atoms with Crippen LogP contribution >= 0.6 is 11.3 Å². The van der Waals surface area contributed by atoms with Gasteiger partial charge in [0, 0.05) is 36.3 Å². The molecule has 2 aromatic rings. The number of hydrogen-bond donors (Lipinski definition) is 1. The van der Waals surface area contributed by atoms with Crippen molar-refractivity contribution < 1.29 is 0 Å². The highest BCUT2D eigenvalue weighted by atomic mass is 32.1. The summed E-state index contributed by atoms with van der Waals surface area (Å²) in [5.41, 5.74) is 2.40. The molecule has 0 aliphatic rings. The Bertz CT molecular complexity index is 459. The number of aryl methyl sites for hydroxylation is 2. The van der Waals surface area contributed by atoms with Crippen molar-refractivity contribution in [2.24, 2.45) is 7.05 Å². The van der Waals surface area contributed by atoms with Gasteiger partial charge in [0.25, 0.3) is 0 Å². The maximum absolute atomic E-state index is 4.34. The van der Waals surface area contributed by atoms with Crippen LogP contribution in [0.25, 0.3) is 0 Å². The Morgan fingerprint density at radius 3 is 2.94 bits per heavy atom. The van der Waals surface area contributed by atoms with E-state index in [4.69, 9.17) is 0 Å². The SMILES string of the molecule is Cc1nn(C)cc1CNC(C)Cc1cccs1. The number of thiophene rings is 1. The topological polar surface area (TPSA) is 29.9 Å². The van der Waals surface area contributed by atoms with Crippen molar-refractivity contribution >= 4 is 11.3 Å². The molecule has 2 rings (SSSR count). The number of nitrogens with zero attached hydrogens (tertiary/aromatic N) is 2. The highest BCUT2D eigenvalue weighted by molar-refractivity contribution is 7.09. The molecule has 0 saturated heterocycles. The maximum Gasteiger partial charge on any atom is 0.0638 e. The average Bonchev–Trinajstić information content (AvgIpc) is 2.86. The van der Waals surface area contributed by atoms with Gasteiger partial charge in [-0.05, 0) is 31.7 Å². The zero-order valence-corrected chi connectivity index (χ0v) is 11.4. The van der Waals surface area contributed by atoms with E-state index in [1.807, 2.05) is 23.1 Å². The fourth-order valence-corrected chi connectivity index (χ4v) is 2.74. The molecule has 1 unspecified atom stereocenters. The normalized spacial score (nSPS) is 12.9. The Kier molecular flexibility index (Phi) is 3.97. The second-order valence-electron chi connectivity index (χ2n) is 4.48. The molecule has 0 bridgehead atoms. The van der Waals surface area contributed by atoms with E-state index in [0.717, 1.165) is 18.7 Å². The first-order chi connectivity index (χ1) is 8.15. The van der Waals surface area contributed by atoms with Crippen molar-refractivity contribution in [1.29, 1.82) is 0 Å². The fourth-order valence-electron chi connectivity index (χ4n) is 1.91. The van der Waals surface area contributed by atoms with E-state index in [1.165, 1.54) is 10.4 Å². The van der Waals surface area contributed by atoms with Crippen LogP contribution < -0.4 is 5.32 Å². The Morgan fingerprint density at radius 1 is 1.53 bits per heavy atom. The molecule has 0 aromatic carbocycles. The molecule has 0 amide bonds. The van der Waals surface area contributed by atoms with Gasteiger partial charge in [-0.2, -0.15) is 5.10 Å². The largest absolute Gasteiger partial charge is 0.310 e. The monoisotopic (exact) mass is 249 g/mol. The lowest BCUT2D eigenvalue weighted by Gasteiger charge is -2.12. The summed E-state index contributed by atoms with van der Waals surface area (Å²) in [6.07, 6.45) is 3.18. The lowest BCUT2D eigenvalue weighted by molar-refractivity contribution is 0.547. The Labute approximate surface area is 106 Å². The van der Waals surface area contributed by atoms with Gasteiger partial charge in [-0.25, -0.2) is 0 Å². The second kappa shape index (κ2) is 5.47. The first kappa shape index (κ1) is 12.3. The van der Waals surface area contributed by atoms with Crippen LogP contribution in [-0.2, 0) is 20.0 Å². The van der Waals surface area contributed by atoms with E-state index < -0.39 is 0 Å². The average molecular weight is 249 g/mol. The molecule has 0 aliphatic heterocycles. The van der Waals surface area contributed by atoms with E-state index in [-0.39, 0.29) is 0 Å². The predicted molar refractivity (Wildman–Crippen MR) is 72.3 cm³/mol. The minimum absolute atomic E-state index is 0.494. The zero-order valence-electron chi connectivity index (χ0n) is 10.6. The summed E-state index contributed by atoms with van der Waals surface area (Å²) in [4.78, 5) is 1.44. The van der Waals surface area contributed by atoms with Gasteiger partial charge in [-0.3, -0.25) is 4.68 Å². The molecule has 2 heterocycles. The van der Waals surface area contributed by atoms with E-state index in [9.17, 15) is 0 Å². The van der Waals surface area contributed by atoms with Crippen molar-refractivity contribution in [3.8, 4) is 0 Å². The minimum Gasteiger partial charge on any atom is -0.310 e. The predicted octanol–water partition coefficient (Wildman–Crippen LogP) is 2.51. The molecule has 1 atom stereocenters. The third-order valence-electron chi connectivity index (χ3n) is 2.84. The molecular weight excluding hydrogens is 230 g/mol. The molecule has 2 aromatic heterocycles. The van der Waals surface area contributed by atoms with E-state index in [1.54, 1.807) is 0 Å². The first-order valence-electron chi connectivity index (χ1n) is 5.90. The molecule has 0 radical (unpaired) electrons. The van der Waals surface area contributed by atoms with Gasteiger partial charge in [0.15, 0.2) is 0 Å². The molecule has 0 saturated carbocycles. The fraction of sp³-hybridized carbons (Fsp3) is 0.462. The number of hydrogen-bond acceptors (Lipinski definition) is 3. The maximum atomic E-state index is 4.34. The van der Waals surface area contributed by atoms with Gasteiger partial charge in [0.2, 0.25) is 0 Å². The van der Waals surface area contributed by atoms with Crippen molar-refractivity contribution in [2.45, 2.75) is 32.9 Å². The van der Waals surface area contributed by atoms with Crippen molar-refractivity contribution in [2.75, 3.05) is 0 Å². The number of nitrogens with one attached hydrogen (secondary N) is 1. The van der Waals surface area contributed by atoms with E-state index in [2.05, 4.69) is 48.0 Å². The van der Waals surface area contributed by atoms with Crippen LogP contribution in [0.4, 0.5) is 0 Å². The van der Waals surface area contributed by atoms with Gasteiger partial charge in [-0.15, -0.1) is 11.3 Å². The summed E-state index contributed by atoms with van der Waals surface area (Å²) in [6.45, 7) is 5.18. The summed E-state index contributed by atoms with van der Waals surface area (Å²) < 4.78 is 1.87. The third-order valence-corrected chi connectivity index (χ3v) is 3.74. The molecule has 1 N–H and O–H groups in total. The zero-order chi connectivity index (χ0) is 12.3. The van der Waals surface area contributed by atoms with Crippen LogP contribution in [0.3, 0.4) is 0 Å². The Hall–Kier alpha value is -1.13. The second-order valence-corrected chi connectivity index (χ2v) is 5.51. The highest BCUT2D eigenvalue weighted by Crippen LogP contribution is 2.11. The summed E-state index contributed by atoms with van der Waals surface area (Å²) in [6, 6.07) is 4.80. The molecular formula is C13H19N3S. The quantitative estimate of drug-likeness (QED) is 0.882. The number of aromatic nitrogens is 2. The van der Waals surface area contributed by atoms with Gasteiger partial charge < -0.3 is 5.32 Å². The molecule has 0 fully saturated rings. The summed E-state index contributed by atoms with van der Waals surface area (Å²) >= 11 is 1.82. The van der Waals surface area contributed by atoms with Crippen molar-refractivity contribution in [3.63, 3.8) is 0 Å². The molecule has 3 nitrogen and oxygen atoms in total. The van der Waals surface area contributed by atoms with Gasteiger partial charge in [-0.1, -0.05) is 6.07 Å². The molecule has 0 spiro atoms. The van der Waals surface area contributed by atoms with Crippen LogP contribution in [0, 0.1) is 6.92 Å². The van der Waals surface area contributed by atoms with Crippen molar-refractivity contribution in [1.82, 2.24) is 15.1 Å². The van der Waals surface area contributed by atoms with Crippen LogP contribution in [0.2, 0.25) is 0 Å². The third kappa shape index (κ3) is 3.41. The van der Waals surface area contributed by atoms with Gasteiger partial charge in [0.05, 0.1) is 5.69 Å². The molecule has 0 aliphatic carbocycles. The van der Waals surface area contributed by atoms with Crippen molar-refractivity contribution in [3.05, 3.63) is 39.8 Å². The Balaban J connectivity index is 1.84. The van der Waals surface area contributed by atoms with Crippen LogP contribution in [0.15, 0.2) is 23.7 Å². The van der Waals surface area contributed by atoms with E-state index >= 15 is 0 Å². The smallest absolute Gasteiger partial charge is 0.0638 e. The lowest BCUT2D eigenvalue weighted by Crippen LogP contribution is -2.27. The summed E-state index contributed by atoms with van der Waals surface area (Å²) in [5.74, 6) is 0. The first-order valence-corrected chi connectivity index (χ1v) is 6.78. The van der Waals surface area contributed by atoms with Crippen LogP contribution in [-0.4, -0.2) is 15.8 Å². The Morgan fingerprint density at radius 2 is 2.35 bits per heavy atom. The highest BCUT2D eigenvalue weighted by Gasteiger charge is 2.07. The van der Waals surface area contributed by atoms with Gasteiger partial charge in [0.1, 0.15) is 0 Å². The molecule has 17 heavy (non-hydrogen) atoms. The van der Waals surface area contributed by atoms with E-state index in [0.29, 0.717) is 6.04 Å². The summed E-state index contributed by atoms with van der Waals surface area (Å²) in [7, 11) is 1.96. The molecule has 4 heteroatoms. The standard InChI is InChI=1S/C13H19N3S/c1-10(7-13-5-4-6-17-13)14-8-12-9-16(3)15-11(12)2/h4-6,9-10,14H,7-8H2,1-3H3. The molecule has 92 valence electrons. The van der Waals surface area contributed by atoms with Gasteiger partial charge >= 0.3 is 0 Å². The lowest BCUT2D eigenvalue weighted by atomic mass is 10.2. The van der Waals surface area contributed by atoms with Crippen LogP contribution in [0.1, 0.15) is 23.1 Å². The number of rotatable bonds is 5. The minimum atomic E-state index is 0.494. The summed E-state index contributed by atoms with van der Waals surface area (Å²) in [5, 5.41) is 10.0. The van der Waals surface area contributed by atoms with Crippen LogP contribution in [0.5, 0.6) is 0 Å².